The maximum Gasteiger partial charge on any atom is 0.0672 e. The Morgan fingerprint density at radius 3 is 2.50 bits per heavy atom. The Morgan fingerprint density at radius 2 is 1.90 bits per heavy atom. The van der Waals surface area contributed by atoms with Gasteiger partial charge in [0.2, 0.25) is 0 Å². The van der Waals surface area contributed by atoms with E-state index >= 15 is 0 Å². The fourth-order valence-electron chi connectivity index (χ4n) is 3.86. The fourth-order valence-corrected chi connectivity index (χ4v) is 3.86. The first kappa shape index (κ1) is 13.6. The van der Waals surface area contributed by atoms with Crippen LogP contribution < -0.4 is 0 Å². The van der Waals surface area contributed by atoms with Gasteiger partial charge in [0.15, 0.2) is 0 Å². The number of nitriles is 1. The zero-order valence-electron chi connectivity index (χ0n) is 12.3. The Kier molecular flexibility index (Phi) is 4.08. The first-order valence-electron chi connectivity index (χ1n) is 8.03. The van der Waals surface area contributed by atoms with Crippen LogP contribution in [0.5, 0.6) is 0 Å². The minimum Gasteiger partial charge on any atom is -0.296 e. The van der Waals surface area contributed by atoms with E-state index < -0.39 is 0 Å². The van der Waals surface area contributed by atoms with E-state index in [1.165, 1.54) is 24.8 Å². The number of nitrogens with zero attached hydrogens (tertiary/aromatic N) is 2. The van der Waals surface area contributed by atoms with Gasteiger partial charge >= 0.3 is 0 Å². The number of rotatable bonds is 4. The minimum atomic E-state index is 0.232. The van der Waals surface area contributed by atoms with Crippen LogP contribution in [0.3, 0.4) is 0 Å². The van der Waals surface area contributed by atoms with Crippen LogP contribution in [0.2, 0.25) is 0 Å². The Balaban J connectivity index is 1.77. The van der Waals surface area contributed by atoms with Gasteiger partial charge in [-0.2, -0.15) is 5.26 Å². The van der Waals surface area contributed by atoms with Crippen molar-refractivity contribution in [2.75, 3.05) is 6.54 Å². The molecule has 0 spiro atoms. The summed E-state index contributed by atoms with van der Waals surface area (Å²) in [6, 6.07) is 14.7. The van der Waals surface area contributed by atoms with Crippen molar-refractivity contribution in [1.82, 2.24) is 4.90 Å². The van der Waals surface area contributed by atoms with Crippen LogP contribution in [0, 0.1) is 17.2 Å². The molecule has 3 rings (SSSR count). The van der Waals surface area contributed by atoms with Gasteiger partial charge in [-0.3, -0.25) is 4.90 Å². The molecular weight excluding hydrogens is 244 g/mol. The number of hydrogen-bond donors (Lipinski definition) is 0. The zero-order valence-corrected chi connectivity index (χ0v) is 12.3. The van der Waals surface area contributed by atoms with E-state index in [0.717, 1.165) is 25.4 Å². The quantitative estimate of drug-likeness (QED) is 0.827. The second-order valence-corrected chi connectivity index (χ2v) is 6.29. The average molecular weight is 268 g/mol. The van der Waals surface area contributed by atoms with Crippen LogP contribution in [0.1, 0.15) is 50.5 Å². The van der Waals surface area contributed by atoms with Gasteiger partial charge in [-0.15, -0.1) is 0 Å². The predicted octanol–water partition coefficient (Wildman–Crippen LogP) is 3.95. The van der Waals surface area contributed by atoms with Gasteiger partial charge in [0.1, 0.15) is 0 Å². The van der Waals surface area contributed by atoms with Crippen molar-refractivity contribution in [2.45, 2.75) is 57.0 Å². The molecule has 0 saturated heterocycles. The summed E-state index contributed by atoms with van der Waals surface area (Å²) in [7, 11) is 0. The van der Waals surface area contributed by atoms with Gasteiger partial charge in [-0.25, -0.2) is 0 Å². The van der Waals surface area contributed by atoms with Gasteiger partial charge in [0, 0.05) is 12.1 Å². The van der Waals surface area contributed by atoms with E-state index in [-0.39, 0.29) is 5.92 Å². The Bertz CT molecular complexity index is 472. The first-order chi connectivity index (χ1) is 9.83. The van der Waals surface area contributed by atoms with E-state index in [1.54, 1.807) is 0 Å². The molecule has 3 unspecified atom stereocenters. The molecule has 2 nitrogen and oxygen atoms in total. The Labute approximate surface area is 122 Å². The van der Waals surface area contributed by atoms with Crippen molar-refractivity contribution in [3.63, 3.8) is 0 Å². The van der Waals surface area contributed by atoms with Gasteiger partial charge < -0.3 is 0 Å². The highest BCUT2D eigenvalue weighted by atomic mass is 15.2. The summed E-state index contributed by atoms with van der Waals surface area (Å²) in [5.74, 6) is 0.870. The summed E-state index contributed by atoms with van der Waals surface area (Å²) in [5, 5.41) is 9.49. The molecule has 3 atom stereocenters. The molecule has 20 heavy (non-hydrogen) atoms. The molecule has 0 aromatic heterocycles. The predicted molar refractivity (Wildman–Crippen MR) is 81.3 cm³/mol. The highest BCUT2D eigenvalue weighted by molar-refractivity contribution is 5.21. The van der Waals surface area contributed by atoms with Crippen molar-refractivity contribution in [1.29, 1.82) is 5.26 Å². The highest BCUT2D eigenvalue weighted by Gasteiger charge is 2.40. The van der Waals surface area contributed by atoms with Crippen molar-refractivity contribution >= 4 is 0 Å². The Morgan fingerprint density at radius 1 is 1.15 bits per heavy atom. The summed E-state index contributed by atoms with van der Waals surface area (Å²) in [5.41, 5.74) is 1.46. The van der Waals surface area contributed by atoms with Gasteiger partial charge in [-0.05, 0) is 50.1 Å². The summed E-state index contributed by atoms with van der Waals surface area (Å²) in [6.07, 6.45) is 6.05. The monoisotopic (exact) mass is 268 g/mol. The van der Waals surface area contributed by atoms with E-state index in [9.17, 15) is 5.26 Å². The number of benzene rings is 1. The van der Waals surface area contributed by atoms with Gasteiger partial charge in [0.05, 0.1) is 12.0 Å². The molecule has 2 aliphatic carbocycles. The molecule has 2 fully saturated rings. The lowest BCUT2D eigenvalue weighted by Crippen LogP contribution is -2.44. The third-order valence-corrected chi connectivity index (χ3v) is 5.06. The second kappa shape index (κ2) is 5.97. The van der Waals surface area contributed by atoms with Gasteiger partial charge in [0.25, 0.3) is 0 Å². The maximum absolute atomic E-state index is 9.49. The normalized spacial score (nSPS) is 30.1. The lowest BCUT2D eigenvalue weighted by molar-refractivity contribution is 0.115. The molecule has 106 valence electrons. The lowest BCUT2D eigenvalue weighted by atomic mass is 9.75. The molecular formula is C18H24N2. The molecule has 1 aromatic rings. The van der Waals surface area contributed by atoms with Crippen LogP contribution >= 0.6 is 0 Å². The molecule has 0 heterocycles. The maximum atomic E-state index is 9.49. The molecule has 0 radical (unpaired) electrons. The molecule has 2 heteroatoms. The smallest absolute Gasteiger partial charge is 0.0672 e. The van der Waals surface area contributed by atoms with Crippen LogP contribution in [0.4, 0.5) is 0 Å². The van der Waals surface area contributed by atoms with Crippen LogP contribution in [-0.4, -0.2) is 23.5 Å². The topological polar surface area (TPSA) is 27.0 Å². The molecule has 0 N–H and O–H groups in total. The summed E-state index contributed by atoms with van der Waals surface area (Å²) in [6.45, 7) is 3.34. The van der Waals surface area contributed by atoms with Crippen molar-refractivity contribution in [3.05, 3.63) is 35.9 Å². The summed E-state index contributed by atoms with van der Waals surface area (Å²) in [4.78, 5) is 2.61. The van der Waals surface area contributed by atoms with E-state index in [4.69, 9.17) is 0 Å². The largest absolute Gasteiger partial charge is 0.296 e. The third kappa shape index (κ3) is 2.74. The van der Waals surface area contributed by atoms with Crippen molar-refractivity contribution in [3.8, 4) is 6.07 Å². The molecule has 0 amide bonds. The zero-order chi connectivity index (χ0) is 13.9. The number of hydrogen-bond acceptors (Lipinski definition) is 2. The molecule has 0 aliphatic heterocycles. The van der Waals surface area contributed by atoms with E-state index in [2.05, 4.69) is 48.2 Å². The average Bonchev–Trinajstić information content (AvgIpc) is 3.34. The summed E-state index contributed by atoms with van der Waals surface area (Å²) >= 11 is 0. The first-order valence-corrected chi connectivity index (χ1v) is 8.03. The van der Waals surface area contributed by atoms with E-state index in [1.807, 2.05) is 0 Å². The van der Waals surface area contributed by atoms with Gasteiger partial charge in [-0.1, -0.05) is 37.3 Å². The minimum absolute atomic E-state index is 0.232. The third-order valence-electron chi connectivity index (χ3n) is 5.06. The fraction of sp³-hybridized carbons (Fsp3) is 0.611. The molecule has 2 saturated carbocycles. The molecule has 1 aromatic carbocycles. The van der Waals surface area contributed by atoms with Crippen molar-refractivity contribution in [2.24, 2.45) is 5.92 Å². The standard InChI is InChI=1S/C18H24N2/c1-2-20(17-10-11-17)18-12-15(8-9-16(18)13-19)14-6-4-3-5-7-14/h3-7,15-18H,2,8-12H2,1H3. The molecule has 2 aliphatic rings. The van der Waals surface area contributed by atoms with Crippen LogP contribution in [0.25, 0.3) is 0 Å². The van der Waals surface area contributed by atoms with Crippen LogP contribution in [-0.2, 0) is 0 Å². The Hall–Kier alpha value is -1.33. The SMILES string of the molecule is CCN(C1CC1)C1CC(c2ccccc2)CCC1C#N. The van der Waals surface area contributed by atoms with Crippen molar-refractivity contribution < 1.29 is 0 Å². The highest BCUT2D eigenvalue weighted by Crippen LogP contribution is 2.41. The summed E-state index contributed by atoms with van der Waals surface area (Å²) < 4.78 is 0. The molecule has 0 bridgehead atoms. The lowest BCUT2D eigenvalue weighted by Gasteiger charge is -2.40. The van der Waals surface area contributed by atoms with Crippen LogP contribution in [0.15, 0.2) is 30.3 Å². The second-order valence-electron chi connectivity index (χ2n) is 6.29. The van der Waals surface area contributed by atoms with E-state index in [0.29, 0.717) is 12.0 Å².